The summed E-state index contributed by atoms with van der Waals surface area (Å²) in [7, 11) is 0. The third-order valence-electron chi connectivity index (χ3n) is 4.99. The number of rotatable bonds is 0. The van der Waals surface area contributed by atoms with Gasteiger partial charge in [-0.15, -0.1) is 0 Å². The van der Waals surface area contributed by atoms with Crippen LogP contribution in [0.25, 0.3) is 0 Å². The van der Waals surface area contributed by atoms with Crippen molar-refractivity contribution in [2.75, 3.05) is 11.9 Å². The van der Waals surface area contributed by atoms with E-state index in [1.165, 1.54) is 11.6 Å². The highest BCUT2D eigenvalue weighted by Gasteiger charge is 2.46. The van der Waals surface area contributed by atoms with Crippen LogP contribution in [0.5, 0.6) is 5.75 Å². The molecule has 2 aliphatic rings. The molecule has 0 bridgehead atoms. The van der Waals surface area contributed by atoms with Gasteiger partial charge in [0.2, 0.25) is 0 Å². The van der Waals surface area contributed by atoms with E-state index in [2.05, 4.69) is 25.2 Å². The Labute approximate surface area is 123 Å². The Morgan fingerprint density at radius 2 is 2.00 bits per heavy atom. The highest BCUT2D eigenvalue weighted by atomic mass is 19.1. The molecule has 2 nitrogen and oxygen atoms in total. The molecule has 21 heavy (non-hydrogen) atoms. The van der Waals surface area contributed by atoms with Gasteiger partial charge in [0.25, 0.3) is 0 Å². The van der Waals surface area contributed by atoms with Gasteiger partial charge in [-0.3, -0.25) is 0 Å². The van der Waals surface area contributed by atoms with Gasteiger partial charge >= 0.3 is 0 Å². The molecule has 0 fully saturated rings. The van der Waals surface area contributed by atoms with Gasteiger partial charge in [-0.2, -0.15) is 0 Å². The Morgan fingerprint density at radius 3 is 2.86 bits per heavy atom. The number of halogens is 1. The van der Waals surface area contributed by atoms with Gasteiger partial charge in [0, 0.05) is 22.6 Å². The second-order valence-electron chi connectivity index (χ2n) is 6.49. The minimum Gasteiger partial charge on any atom is -0.493 e. The van der Waals surface area contributed by atoms with Crippen LogP contribution in [0, 0.1) is 11.7 Å². The number of ether oxygens (including phenoxy) is 1. The highest BCUT2D eigenvalue weighted by Crippen LogP contribution is 2.51. The molecule has 108 valence electrons. The summed E-state index contributed by atoms with van der Waals surface area (Å²) < 4.78 is 19.6. The fourth-order valence-corrected chi connectivity index (χ4v) is 3.71. The van der Waals surface area contributed by atoms with Crippen LogP contribution in [0.2, 0.25) is 0 Å². The van der Waals surface area contributed by atoms with E-state index >= 15 is 0 Å². The van der Waals surface area contributed by atoms with Crippen molar-refractivity contribution in [3.63, 3.8) is 0 Å². The average Bonchev–Trinajstić information content (AvgIpc) is 2.48. The molecule has 2 aromatic rings. The zero-order valence-corrected chi connectivity index (χ0v) is 12.2. The van der Waals surface area contributed by atoms with E-state index in [9.17, 15) is 4.39 Å². The topological polar surface area (TPSA) is 21.3 Å². The first-order chi connectivity index (χ1) is 10.1. The molecule has 0 amide bonds. The number of fused-ring (bicyclic) bond motifs is 4. The predicted octanol–water partition coefficient (Wildman–Crippen LogP) is 4.28. The van der Waals surface area contributed by atoms with E-state index in [0.29, 0.717) is 6.61 Å². The van der Waals surface area contributed by atoms with Crippen molar-refractivity contribution < 1.29 is 9.13 Å². The number of benzene rings is 2. The van der Waals surface area contributed by atoms with Crippen molar-refractivity contribution >= 4 is 5.69 Å². The summed E-state index contributed by atoms with van der Waals surface area (Å²) in [5.41, 5.74) is 3.11. The molecule has 0 spiro atoms. The first-order valence-corrected chi connectivity index (χ1v) is 7.35. The molecule has 0 aliphatic carbocycles. The smallest absolute Gasteiger partial charge is 0.124 e. The molecule has 0 unspecified atom stereocenters. The van der Waals surface area contributed by atoms with Gasteiger partial charge in [0.15, 0.2) is 0 Å². The number of para-hydroxylation sites is 1. The van der Waals surface area contributed by atoms with Gasteiger partial charge in [-0.25, -0.2) is 4.39 Å². The van der Waals surface area contributed by atoms with Crippen LogP contribution in [0.4, 0.5) is 10.1 Å². The summed E-state index contributed by atoms with van der Waals surface area (Å²) in [5.74, 6) is 1.05. The Hall–Kier alpha value is -2.03. The van der Waals surface area contributed by atoms with Gasteiger partial charge in [-0.05, 0) is 29.8 Å². The summed E-state index contributed by atoms with van der Waals surface area (Å²) in [6, 6.07) is 13.4. The molecule has 0 saturated heterocycles. The minimum absolute atomic E-state index is 0.138. The quantitative estimate of drug-likeness (QED) is 0.779. The predicted molar refractivity (Wildman–Crippen MR) is 81.2 cm³/mol. The van der Waals surface area contributed by atoms with Crippen LogP contribution in [-0.4, -0.2) is 6.61 Å². The standard InChI is InChI=1S/C18H18FNO/c1-18(2)13-9-11(19)7-8-15(13)20-17-12-5-3-4-6-16(12)21-10-14(17)18/h3-9,14,17,20H,10H2,1-2H3/t14-,17-/m0/s1. The van der Waals surface area contributed by atoms with E-state index in [0.717, 1.165) is 17.0 Å². The van der Waals surface area contributed by atoms with Crippen molar-refractivity contribution in [1.82, 2.24) is 0 Å². The Bertz CT molecular complexity index is 710. The third-order valence-corrected chi connectivity index (χ3v) is 4.99. The maximum absolute atomic E-state index is 13.6. The van der Waals surface area contributed by atoms with Crippen molar-refractivity contribution in [3.8, 4) is 5.75 Å². The van der Waals surface area contributed by atoms with Crippen LogP contribution in [-0.2, 0) is 5.41 Å². The van der Waals surface area contributed by atoms with Crippen LogP contribution >= 0.6 is 0 Å². The third kappa shape index (κ3) is 1.76. The van der Waals surface area contributed by atoms with Gasteiger partial charge in [-0.1, -0.05) is 32.0 Å². The van der Waals surface area contributed by atoms with E-state index in [1.807, 2.05) is 24.3 Å². The van der Waals surface area contributed by atoms with Crippen LogP contribution in [0.3, 0.4) is 0 Å². The lowest BCUT2D eigenvalue weighted by atomic mass is 9.65. The van der Waals surface area contributed by atoms with E-state index in [-0.39, 0.29) is 23.2 Å². The number of anilines is 1. The van der Waals surface area contributed by atoms with Gasteiger partial charge < -0.3 is 10.1 Å². The zero-order valence-electron chi connectivity index (χ0n) is 12.2. The van der Waals surface area contributed by atoms with Gasteiger partial charge in [0.05, 0.1) is 12.6 Å². The van der Waals surface area contributed by atoms with E-state index in [1.54, 1.807) is 6.07 Å². The lowest BCUT2D eigenvalue weighted by Crippen LogP contribution is -2.46. The molecular formula is C18H18FNO. The summed E-state index contributed by atoms with van der Waals surface area (Å²) in [4.78, 5) is 0. The first kappa shape index (κ1) is 12.7. The molecule has 0 saturated carbocycles. The molecule has 0 aromatic heterocycles. The van der Waals surface area contributed by atoms with Crippen LogP contribution in [0.1, 0.15) is 31.0 Å². The normalized spacial score (nSPS) is 24.9. The Morgan fingerprint density at radius 1 is 1.19 bits per heavy atom. The molecule has 2 heterocycles. The van der Waals surface area contributed by atoms with Crippen LogP contribution in [0.15, 0.2) is 42.5 Å². The minimum atomic E-state index is -0.181. The Balaban J connectivity index is 1.88. The van der Waals surface area contributed by atoms with E-state index in [4.69, 9.17) is 4.74 Å². The number of nitrogens with one attached hydrogen (secondary N) is 1. The average molecular weight is 283 g/mol. The molecule has 3 heteroatoms. The lowest BCUT2D eigenvalue weighted by molar-refractivity contribution is 0.135. The largest absolute Gasteiger partial charge is 0.493 e. The summed E-state index contributed by atoms with van der Waals surface area (Å²) in [5, 5.41) is 3.59. The monoisotopic (exact) mass is 283 g/mol. The molecule has 0 radical (unpaired) electrons. The summed E-state index contributed by atoms with van der Waals surface area (Å²) in [6.07, 6.45) is 0. The second-order valence-corrected chi connectivity index (χ2v) is 6.49. The molecule has 2 aliphatic heterocycles. The van der Waals surface area contributed by atoms with Crippen LogP contribution < -0.4 is 10.1 Å². The molecule has 1 N–H and O–H groups in total. The summed E-state index contributed by atoms with van der Waals surface area (Å²) in [6.45, 7) is 5.01. The maximum atomic E-state index is 13.6. The Kier molecular flexibility index (Phi) is 2.56. The fourth-order valence-electron chi connectivity index (χ4n) is 3.71. The van der Waals surface area contributed by atoms with Gasteiger partial charge in [0.1, 0.15) is 11.6 Å². The number of hydrogen-bond acceptors (Lipinski definition) is 2. The second kappa shape index (κ2) is 4.23. The molecule has 2 atom stereocenters. The molecular weight excluding hydrogens is 265 g/mol. The summed E-state index contributed by atoms with van der Waals surface area (Å²) >= 11 is 0. The van der Waals surface area contributed by atoms with Crippen molar-refractivity contribution in [2.45, 2.75) is 25.3 Å². The van der Waals surface area contributed by atoms with Crippen molar-refractivity contribution in [3.05, 3.63) is 59.4 Å². The highest BCUT2D eigenvalue weighted by molar-refractivity contribution is 5.61. The van der Waals surface area contributed by atoms with Crippen molar-refractivity contribution in [1.29, 1.82) is 0 Å². The first-order valence-electron chi connectivity index (χ1n) is 7.35. The molecule has 2 aromatic carbocycles. The number of hydrogen-bond donors (Lipinski definition) is 1. The maximum Gasteiger partial charge on any atom is 0.124 e. The zero-order chi connectivity index (χ0) is 14.6. The fraction of sp³-hybridized carbons (Fsp3) is 0.333. The van der Waals surface area contributed by atoms with Crippen molar-refractivity contribution in [2.24, 2.45) is 5.92 Å². The molecule has 4 rings (SSSR count). The van der Waals surface area contributed by atoms with E-state index < -0.39 is 0 Å². The SMILES string of the molecule is CC1(C)c2cc(F)ccc2N[C@H]2c3ccccc3OC[C@@H]21. The lowest BCUT2D eigenvalue weighted by Gasteiger charge is -2.48.